The van der Waals surface area contributed by atoms with Crippen LogP contribution < -0.4 is 5.32 Å². The van der Waals surface area contributed by atoms with Gasteiger partial charge in [-0.2, -0.15) is 13.2 Å². The molecule has 1 aromatic heterocycles. The molecular weight excluding hydrogens is 366 g/mol. The molecule has 2 rings (SSSR count). The van der Waals surface area contributed by atoms with Crippen LogP contribution in [0, 0.1) is 0 Å². The van der Waals surface area contributed by atoms with E-state index in [1.54, 1.807) is 13.8 Å². The summed E-state index contributed by atoms with van der Waals surface area (Å²) in [6.45, 7) is 3.49. The van der Waals surface area contributed by atoms with Crippen molar-refractivity contribution in [2.45, 2.75) is 32.5 Å². The molecule has 0 bridgehead atoms. The van der Waals surface area contributed by atoms with Crippen LogP contribution in [-0.2, 0) is 6.18 Å². The second kappa shape index (κ2) is 7.03. The Morgan fingerprint density at radius 3 is 2.42 bits per heavy atom. The zero-order valence-corrected chi connectivity index (χ0v) is 14.3. The van der Waals surface area contributed by atoms with E-state index >= 15 is 0 Å². The van der Waals surface area contributed by atoms with Crippen LogP contribution in [0.15, 0.2) is 24.5 Å². The third-order valence-corrected chi connectivity index (χ3v) is 4.03. The van der Waals surface area contributed by atoms with Crippen molar-refractivity contribution in [3.8, 4) is 5.69 Å². The molecule has 4 nitrogen and oxygen atoms in total. The fourth-order valence-corrected chi connectivity index (χ4v) is 2.65. The molecule has 1 amide bonds. The number of nitrogens with zero attached hydrogens (tertiary/aromatic N) is 2. The quantitative estimate of drug-likeness (QED) is 0.834. The Hall–Kier alpha value is -1.73. The highest BCUT2D eigenvalue weighted by molar-refractivity contribution is 6.37. The van der Waals surface area contributed by atoms with Crippen LogP contribution in [-0.4, -0.2) is 21.5 Å². The van der Waals surface area contributed by atoms with Gasteiger partial charge in [-0.05, 0) is 25.5 Å². The number of hydrogen-bond acceptors (Lipinski definition) is 2. The van der Waals surface area contributed by atoms with Crippen LogP contribution in [0.2, 0.25) is 10.0 Å². The first-order valence-electron chi connectivity index (χ1n) is 7.06. The van der Waals surface area contributed by atoms with E-state index in [2.05, 4.69) is 10.3 Å². The Bertz CT molecular complexity index is 739. The number of amides is 1. The fraction of sp³-hybridized carbons (Fsp3) is 0.333. The number of carbonyl (C=O) groups is 1. The number of nitrogens with one attached hydrogen (secondary N) is 1. The van der Waals surface area contributed by atoms with Crippen LogP contribution in [0.5, 0.6) is 0 Å². The minimum atomic E-state index is -4.82. The van der Waals surface area contributed by atoms with Gasteiger partial charge in [0.2, 0.25) is 0 Å². The monoisotopic (exact) mass is 379 g/mol. The molecule has 0 aliphatic rings. The summed E-state index contributed by atoms with van der Waals surface area (Å²) >= 11 is 12.0. The van der Waals surface area contributed by atoms with Crippen LogP contribution in [0.1, 0.15) is 36.5 Å². The van der Waals surface area contributed by atoms with E-state index in [0.717, 1.165) is 6.33 Å². The Morgan fingerprint density at radius 1 is 1.33 bits per heavy atom. The topological polar surface area (TPSA) is 46.9 Å². The van der Waals surface area contributed by atoms with Crippen molar-refractivity contribution in [1.29, 1.82) is 0 Å². The van der Waals surface area contributed by atoms with Crippen molar-refractivity contribution in [2.75, 3.05) is 0 Å². The zero-order valence-electron chi connectivity index (χ0n) is 12.8. The van der Waals surface area contributed by atoms with Crippen molar-refractivity contribution in [2.24, 2.45) is 0 Å². The number of hydrogen-bond donors (Lipinski definition) is 1. The molecule has 130 valence electrons. The van der Waals surface area contributed by atoms with Gasteiger partial charge in [-0.25, -0.2) is 4.98 Å². The Kier molecular flexibility index (Phi) is 5.45. The summed E-state index contributed by atoms with van der Waals surface area (Å²) in [6.07, 6.45) is -3.35. The second-order valence-electron chi connectivity index (χ2n) is 5.16. The smallest absolute Gasteiger partial charge is 0.348 e. The summed E-state index contributed by atoms with van der Waals surface area (Å²) in [5, 5.41) is 2.50. The van der Waals surface area contributed by atoms with Crippen molar-refractivity contribution in [3.63, 3.8) is 0 Å². The lowest BCUT2D eigenvalue weighted by Crippen LogP contribution is -2.33. The largest absolute Gasteiger partial charge is 0.434 e. The molecule has 0 saturated carbocycles. The summed E-state index contributed by atoms with van der Waals surface area (Å²) in [6, 6.07) is 4.03. The minimum Gasteiger partial charge on any atom is -0.348 e. The standard InChI is InChI=1S/C15H14Cl2F3N3O/c1-3-8(2)22-14(24)11-13(15(18,19)20)23(7-21-11)12-9(16)5-4-6-10(12)17/h4-8H,3H2,1-2H3,(H,22,24). The summed E-state index contributed by atoms with van der Waals surface area (Å²) in [7, 11) is 0. The highest BCUT2D eigenvalue weighted by atomic mass is 35.5. The van der Waals surface area contributed by atoms with E-state index in [4.69, 9.17) is 23.2 Å². The van der Waals surface area contributed by atoms with Gasteiger partial charge < -0.3 is 5.32 Å². The molecule has 0 aliphatic heterocycles. The molecule has 1 atom stereocenters. The fourth-order valence-electron chi connectivity index (χ4n) is 2.07. The van der Waals surface area contributed by atoms with E-state index in [0.29, 0.717) is 11.0 Å². The molecule has 0 fully saturated rings. The van der Waals surface area contributed by atoms with Crippen molar-refractivity contribution < 1.29 is 18.0 Å². The van der Waals surface area contributed by atoms with Gasteiger partial charge in [0.05, 0.1) is 15.7 Å². The van der Waals surface area contributed by atoms with Gasteiger partial charge in [-0.1, -0.05) is 36.2 Å². The second-order valence-corrected chi connectivity index (χ2v) is 5.98. The maximum Gasteiger partial charge on any atom is 0.434 e. The molecule has 1 unspecified atom stereocenters. The van der Waals surface area contributed by atoms with Crippen LogP contribution in [0.3, 0.4) is 0 Å². The van der Waals surface area contributed by atoms with Gasteiger partial charge in [0.25, 0.3) is 5.91 Å². The van der Waals surface area contributed by atoms with Crippen molar-refractivity contribution in [1.82, 2.24) is 14.9 Å². The molecule has 2 aromatic rings. The summed E-state index contributed by atoms with van der Waals surface area (Å²) in [5.74, 6) is -0.904. The molecule has 0 saturated heterocycles. The number of aromatic nitrogens is 2. The number of carbonyl (C=O) groups excluding carboxylic acids is 1. The lowest BCUT2D eigenvalue weighted by molar-refractivity contribution is -0.142. The third-order valence-electron chi connectivity index (χ3n) is 3.42. The van der Waals surface area contributed by atoms with Crippen LogP contribution >= 0.6 is 23.2 Å². The number of halogens is 5. The summed E-state index contributed by atoms with van der Waals surface area (Å²) < 4.78 is 41.3. The van der Waals surface area contributed by atoms with Gasteiger partial charge in [0.1, 0.15) is 6.33 Å². The van der Waals surface area contributed by atoms with Crippen LogP contribution in [0.25, 0.3) is 5.69 Å². The number of para-hydroxylation sites is 1. The van der Waals surface area contributed by atoms with Crippen molar-refractivity contribution >= 4 is 29.1 Å². The normalized spacial score (nSPS) is 13.0. The Labute approximate surface area is 146 Å². The molecule has 0 spiro atoms. The first kappa shape index (κ1) is 18.6. The maximum atomic E-state index is 13.5. The molecular formula is C15H14Cl2F3N3O. The lowest BCUT2D eigenvalue weighted by Gasteiger charge is -2.16. The molecule has 0 aliphatic carbocycles. The predicted octanol–water partition coefficient (Wildman–Crippen LogP) is 4.73. The van der Waals surface area contributed by atoms with Gasteiger partial charge in [-0.3, -0.25) is 9.36 Å². The zero-order chi connectivity index (χ0) is 18.1. The first-order chi connectivity index (χ1) is 11.2. The number of benzene rings is 1. The van der Waals surface area contributed by atoms with Gasteiger partial charge in [-0.15, -0.1) is 0 Å². The highest BCUT2D eigenvalue weighted by Gasteiger charge is 2.41. The van der Waals surface area contributed by atoms with Gasteiger partial charge in [0, 0.05) is 6.04 Å². The Balaban J connectivity index is 2.62. The SMILES string of the molecule is CCC(C)NC(=O)c1ncn(-c2c(Cl)cccc2Cl)c1C(F)(F)F. The lowest BCUT2D eigenvalue weighted by atomic mass is 10.2. The highest BCUT2D eigenvalue weighted by Crippen LogP contribution is 2.37. The molecule has 24 heavy (non-hydrogen) atoms. The van der Waals surface area contributed by atoms with E-state index in [1.165, 1.54) is 18.2 Å². The van der Waals surface area contributed by atoms with Crippen molar-refractivity contribution in [3.05, 3.63) is 46.0 Å². The average Bonchev–Trinajstić information content (AvgIpc) is 2.91. The van der Waals surface area contributed by atoms with E-state index in [-0.39, 0.29) is 21.8 Å². The maximum absolute atomic E-state index is 13.5. The molecule has 1 N–H and O–H groups in total. The molecule has 1 heterocycles. The first-order valence-corrected chi connectivity index (χ1v) is 7.82. The predicted molar refractivity (Wildman–Crippen MR) is 85.8 cm³/mol. The minimum absolute atomic E-state index is 0.0132. The van der Waals surface area contributed by atoms with Gasteiger partial charge in [0.15, 0.2) is 11.4 Å². The third kappa shape index (κ3) is 3.67. The average molecular weight is 380 g/mol. The molecule has 9 heteroatoms. The molecule has 1 aromatic carbocycles. The number of imidazole rings is 1. The van der Waals surface area contributed by atoms with Crippen LogP contribution in [0.4, 0.5) is 13.2 Å². The van der Waals surface area contributed by atoms with E-state index < -0.39 is 23.5 Å². The summed E-state index contributed by atoms with van der Waals surface area (Å²) in [5.41, 5.74) is -2.03. The summed E-state index contributed by atoms with van der Waals surface area (Å²) in [4.78, 5) is 15.8. The Morgan fingerprint density at radius 2 is 1.92 bits per heavy atom. The molecule has 0 radical (unpaired) electrons. The van der Waals surface area contributed by atoms with Gasteiger partial charge >= 0.3 is 6.18 Å². The van der Waals surface area contributed by atoms with E-state index in [9.17, 15) is 18.0 Å². The number of alkyl halides is 3. The number of rotatable bonds is 4. The van der Waals surface area contributed by atoms with E-state index in [1.807, 2.05) is 0 Å².